The molecule has 0 bridgehead atoms. The molecule has 0 radical (unpaired) electrons. The average molecular weight is 251 g/mol. The van der Waals surface area contributed by atoms with Crippen molar-refractivity contribution in [3.8, 4) is 5.75 Å². The van der Waals surface area contributed by atoms with E-state index in [1.807, 2.05) is 19.1 Å². The van der Waals surface area contributed by atoms with Crippen LogP contribution in [0.15, 0.2) is 18.3 Å². The first-order valence-corrected chi connectivity index (χ1v) is 4.52. The second kappa shape index (κ2) is 5.54. The maximum atomic E-state index is 5.88. The van der Waals surface area contributed by atoms with Gasteiger partial charge in [0.1, 0.15) is 12.4 Å². The van der Waals surface area contributed by atoms with Crippen molar-refractivity contribution in [1.29, 1.82) is 0 Å². The molecule has 0 spiro atoms. The Morgan fingerprint density at radius 1 is 1.40 bits per heavy atom. The summed E-state index contributed by atoms with van der Waals surface area (Å²) in [6.07, 6.45) is 3.89. The van der Waals surface area contributed by atoms with Crippen LogP contribution in [0.4, 0.5) is 0 Å². The maximum Gasteiger partial charge on any atom is 0.137 e. The number of hydrogen-bond donors (Lipinski definition) is 1. The fourth-order valence-electron chi connectivity index (χ4n) is 1.07. The zero-order chi connectivity index (χ0) is 9.31. The van der Waals surface area contributed by atoms with Crippen LogP contribution in [-0.4, -0.2) is 17.1 Å². The van der Waals surface area contributed by atoms with Crippen LogP contribution in [0.3, 0.4) is 0 Å². The zero-order valence-electron chi connectivity index (χ0n) is 8.60. The van der Waals surface area contributed by atoms with E-state index in [0.717, 1.165) is 24.3 Å². The molecule has 1 aromatic rings. The summed E-state index contributed by atoms with van der Waals surface area (Å²) >= 11 is 0. The summed E-state index contributed by atoms with van der Waals surface area (Å²) in [4.78, 5) is 4.13. The molecule has 0 atom stereocenters. The molecule has 15 heavy (non-hydrogen) atoms. The number of pyridine rings is 1. The predicted octanol–water partition coefficient (Wildman–Crippen LogP) is 2.10. The molecule has 1 fully saturated rings. The maximum absolute atomic E-state index is 5.88. The Morgan fingerprint density at radius 3 is 2.53 bits per heavy atom. The molecule has 1 heterocycles. The Bertz CT molecular complexity index is 299. The summed E-state index contributed by atoms with van der Waals surface area (Å²) < 4.78 is 5.50. The molecule has 0 amide bonds. The number of nitrogens with two attached hydrogens (primary N) is 1. The Hall–Kier alpha value is -0.510. The average Bonchev–Trinajstić information content (AvgIpc) is 2.84. The minimum atomic E-state index is -0.0507. The molecular formula is C10H16Cl2N2O. The summed E-state index contributed by atoms with van der Waals surface area (Å²) in [5.74, 6) is 0.808. The van der Waals surface area contributed by atoms with E-state index in [1.165, 1.54) is 0 Å². The van der Waals surface area contributed by atoms with Gasteiger partial charge in [0, 0.05) is 5.69 Å². The van der Waals surface area contributed by atoms with Crippen LogP contribution in [0.25, 0.3) is 0 Å². The fourth-order valence-corrected chi connectivity index (χ4v) is 1.07. The second-order valence-electron chi connectivity index (χ2n) is 3.79. The first kappa shape index (κ1) is 14.5. The van der Waals surface area contributed by atoms with Crippen molar-refractivity contribution in [2.75, 3.05) is 6.61 Å². The number of ether oxygens (including phenoxy) is 1. The normalized spacial score (nSPS) is 15.9. The van der Waals surface area contributed by atoms with E-state index < -0.39 is 0 Å². The number of aryl methyl sites for hydroxylation is 1. The number of rotatable bonds is 3. The van der Waals surface area contributed by atoms with E-state index in [4.69, 9.17) is 10.5 Å². The van der Waals surface area contributed by atoms with Crippen molar-refractivity contribution in [2.24, 2.45) is 5.73 Å². The highest BCUT2D eigenvalue weighted by molar-refractivity contribution is 5.85. The minimum Gasteiger partial charge on any atom is -0.490 e. The van der Waals surface area contributed by atoms with Crippen molar-refractivity contribution >= 4 is 24.8 Å². The third-order valence-corrected chi connectivity index (χ3v) is 2.30. The third-order valence-electron chi connectivity index (χ3n) is 2.30. The van der Waals surface area contributed by atoms with Gasteiger partial charge in [-0.2, -0.15) is 0 Å². The Labute approximate surface area is 102 Å². The predicted molar refractivity (Wildman–Crippen MR) is 65.1 cm³/mol. The van der Waals surface area contributed by atoms with Gasteiger partial charge in [0.2, 0.25) is 0 Å². The lowest BCUT2D eigenvalue weighted by Gasteiger charge is -2.10. The van der Waals surface area contributed by atoms with Crippen molar-refractivity contribution in [3.05, 3.63) is 24.0 Å². The molecule has 1 saturated carbocycles. The van der Waals surface area contributed by atoms with Crippen LogP contribution >= 0.6 is 24.8 Å². The summed E-state index contributed by atoms with van der Waals surface area (Å²) in [5, 5.41) is 0. The minimum absolute atomic E-state index is 0. The first-order valence-electron chi connectivity index (χ1n) is 4.52. The van der Waals surface area contributed by atoms with E-state index in [9.17, 15) is 0 Å². The summed E-state index contributed by atoms with van der Waals surface area (Å²) in [7, 11) is 0. The highest BCUT2D eigenvalue weighted by Gasteiger charge is 2.39. The third kappa shape index (κ3) is 4.24. The van der Waals surface area contributed by atoms with Gasteiger partial charge < -0.3 is 10.5 Å². The van der Waals surface area contributed by atoms with Crippen LogP contribution in [0, 0.1) is 6.92 Å². The molecule has 1 aliphatic rings. The largest absolute Gasteiger partial charge is 0.490 e. The molecule has 2 rings (SSSR count). The molecule has 5 heteroatoms. The van der Waals surface area contributed by atoms with Crippen LogP contribution < -0.4 is 10.5 Å². The fraction of sp³-hybridized carbons (Fsp3) is 0.500. The highest BCUT2D eigenvalue weighted by Crippen LogP contribution is 2.32. The van der Waals surface area contributed by atoms with Gasteiger partial charge in [-0.05, 0) is 31.9 Å². The lowest BCUT2D eigenvalue weighted by atomic mass is 10.3. The van der Waals surface area contributed by atoms with Crippen LogP contribution in [0.2, 0.25) is 0 Å². The van der Waals surface area contributed by atoms with Gasteiger partial charge in [0.15, 0.2) is 0 Å². The molecule has 1 aliphatic carbocycles. The summed E-state index contributed by atoms with van der Waals surface area (Å²) in [5.41, 5.74) is 6.83. The molecule has 3 nitrogen and oxygen atoms in total. The quantitative estimate of drug-likeness (QED) is 0.894. The number of halogens is 2. The topological polar surface area (TPSA) is 48.1 Å². The molecule has 0 unspecified atom stereocenters. The van der Waals surface area contributed by atoms with Gasteiger partial charge in [-0.25, -0.2) is 0 Å². The van der Waals surface area contributed by atoms with Gasteiger partial charge >= 0.3 is 0 Å². The van der Waals surface area contributed by atoms with E-state index in [2.05, 4.69) is 4.98 Å². The van der Waals surface area contributed by atoms with Crippen LogP contribution in [-0.2, 0) is 0 Å². The lowest BCUT2D eigenvalue weighted by Crippen LogP contribution is -2.29. The second-order valence-corrected chi connectivity index (χ2v) is 3.79. The molecular weight excluding hydrogens is 235 g/mol. The van der Waals surface area contributed by atoms with E-state index in [1.54, 1.807) is 6.20 Å². The van der Waals surface area contributed by atoms with Gasteiger partial charge in [0.25, 0.3) is 0 Å². The van der Waals surface area contributed by atoms with Crippen molar-refractivity contribution < 1.29 is 4.74 Å². The van der Waals surface area contributed by atoms with E-state index in [0.29, 0.717) is 6.61 Å². The lowest BCUT2D eigenvalue weighted by molar-refractivity contribution is 0.278. The van der Waals surface area contributed by atoms with Gasteiger partial charge in [-0.1, -0.05) is 0 Å². The number of nitrogens with zero attached hydrogens (tertiary/aromatic N) is 1. The molecule has 0 saturated heterocycles. The Kier molecular flexibility index (Phi) is 5.35. The highest BCUT2D eigenvalue weighted by atomic mass is 35.5. The molecule has 0 aliphatic heterocycles. The standard InChI is InChI=1S/C10H14N2O.2ClH/c1-8-2-3-9(6-12-8)13-7-10(11)4-5-10;;/h2-3,6H,4-5,7,11H2,1H3;2*1H. The van der Waals surface area contributed by atoms with Gasteiger partial charge in [-0.3, -0.25) is 4.98 Å². The number of hydrogen-bond acceptors (Lipinski definition) is 3. The monoisotopic (exact) mass is 250 g/mol. The molecule has 0 aromatic carbocycles. The van der Waals surface area contributed by atoms with Gasteiger partial charge in [0.05, 0.1) is 11.7 Å². The molecule has 86 valence electrons. The van der Waals surface area contributed by atoms with Crippen molar-refractivity contribution in [2.45, 2.75) is 25.3 Å². The molecule has 1 aromatic heterocycles. The first-order chi connectivity index (χ1) is 6.18. The smallest absolute Gasteiger partial charge is 0.137 e. The van der Waals surface area contributed by atoms with Crippen LogP contribution in [0.5, 0.6) is 5.75 Å². The van der Waals surface area contributed by atoms with Crippen LogP contribution in [0.1, 0.15) is 18.5 Å². The molecule has 2 N–H and O–H groups in total. The van der Waals surface area contributed by atoms with Crippen molar-refractivity contribution in [3.63, 3.8) is 0 Å². The van der Waals surface area contributed by atoms with E-state index in [-0.39, 0.29) is 30.4 Å². The Morgan fingerprint density at radius 2 is 2.07 bits per heavy atom. The SMILES string of the molecule is Cc1ccc(OCC2(N)CC2)cn1.Cl.Cl. The number of aromatic nitrogens is 1. The summed E-state index contributed by atoms with van der Waals surface area (Å²) in [6, 6.07) is 3.86. The van der Waals surface area contributed by atoms with E-state index >= 15 is 0 Å². The summed E-state index contributed by atoms with van der Waals surface area (Å²) in [6.45, 7) is 2.56. The Balaban J connectivity index is 0.000000980. The van der Waals surface area contributed by atoms with Crippen molar-refractivity contribution in [1.82, 2.24) is 4.98 Å². The van der Waals surface area contributed by atoms with Gasteiger partial charge in [-0.15, -0.1) is 24.8 Å². The zero-order valence-corrected chi connectivity index (χ0v) is 10.2.